The highest BCUT2D eigenvalue weighted by molar-refractivity contribution is 4.78. The maximum absolute atomic E-state index is 11.8. The largest absolute Gasteiger partial charge is 0.453 e. The average Bonchev–Trinajstić information content (AvgIpc) is 1.81. The monoisotopic (exact) mass is 197 g/mol. The van der Waals surface area contributed by atoms with Crippen LogP contribution in [0.2, 0.25) is 0 Å². The molecule has 0 saturated carbocycles. The highest BCUT2D eigenvalue weighted by atomic mass is 19.4. The minimum Gasteiger partial charge on any atom is -0.200 e. The molecule has 0 aliphatic heterocycles. The second-order valence-corrected chi connectivity index (χ2v) is 2.04. The summed E-state index contributed by atoms with van der Waals surface area (Å²) in [6, 6.07) is 0. The molecule has 0 aromatic heterocycles. The van der Waals surface area contributed by atoms with Crippen LogP contribution in [0.4, 0.5) is 30.7 Å². The van der Waals surface area contributed by atoms with Gasteiger partial charge in [-0.3, -0.25) is 0 Å². The van der Waals surface area contributed by atoms with Gasteiger partial charge in [0.1, 0.15) is 0 Å². The fourth-order valence-corrected chi connectivity index (χ4v) is 0.393. The van der Waals surface area contributed by atoms with E-state index in [0.717, 1.165) is 0 Å². The SMILES string of the molecule is F[C](F)CCC(F)(F)C(F)(F)F. The molecule has 0 aliphatic carbocycles. The lowest BCUT2D eigenvalue weighted by molar-refractivity contribution is -0.284. The summed E-state index contributed by atoms with van der Waals surface area (Å²) in [6.45, 7) is 0. The molecule has 12 heavy (non-hydrogen) atoms. The van der Waals surface area contributed by atoms with Crippen LogP contribution >= 0.6 is 0 Å². The molecule has 0 saturated heterocycles. The molecular weight excluding hydrogens is 193 g/mol. The molecule has 0 fully saturated rings. The van der Waals surface area contributed by atoms with Crippen LogP contribution < -0.4 is 0 Å². The third-order valence-corrected chi connectivity index (χ3v) is 1.04. The van der Waals surface area contributed by atoms with E-state index < -0.39 is 31.4 Å². The Bertz CT molecular complexity index is 135. The molecule has 0 rings (SSSR count). The van der Waals surface area contributed by atoms with Gasteiger partial charge in [-0.2, -0.15) is 30.7 Å². The van der Waals surface area contributed by atoms with E-state index in [0.29, 0.717) is 0 Å². The first-order valence-electron chi connectivity index (χ1n) is 2.78. The zero-order valence-electron chi connectivity index (χ0n) is 5.56. The quantitative estimate of drug-likeness (QED) is 0.608. The van der Waals surface area contributed by atoms with Crippen LogP contribution in [0, 0.1) is 6.43 Å². The van der Waals surface area contributed by atoms with E-state index in [4.69, 9.17) is 0 Å². The molecule has 73 valence electrons. The lowest BCUT2D eigenvalue weighted by Crippen LogP contribution is -2.36. The first-order chi connectivity index (χ1) is 5.17. The van der Waals surface area contributed by atoms with Crippen molar-refractivity contribution in [3.63, 3.8) is 0 Å². The summed E-state index contributed by atoms with van der Waals surface area (Å²) in [6.07, 6.45) is -11.6. The Labute approximate surface area is 63.4 Å². The molecule has 0 atom stereocenters. The van der Waals surface area contributed by atoms with Crippen molar-refractivity contribution in [2.24, 2.45) is 0 Å². The van der Waals surface area contributed by atoms with E-state index in [9.17, 15) is 30.7 Å². The van der Waals surface area contributed by atoms with Gasteiger partial charge in [-0.25, -0.2) is 0 Å². The number of hydrogen-bond acceptors (Lipinski definition) is 0. The zero-order chi connectivity index (χ0) is 9.99. The van der Waals surface area contributed by atoms with Crippen molar-refractivity contribution in [3.05, 3.63) is 6.43 Å². The van der Waals surface area contributed by atoms with E-state index in [1.807, 2.05) is 0 Å². The first kappa shape index (κ1) is 11.5. The van der Waals surface area contributed by atoms with E-state index >= 15 is 0 Å². The Kier molecular flexibility index (Phi) is 3.34. The molecule has 0 N–H and O–H groups in total. The summed E-state index contributed by atoms with van der Waals surface area (Å²) in [4.78, 5) is 0. The standard InChI is InChI=1S/C5H4F7/c6-3(7)1-2-4(8,9)5(10,11)12/h1-2H2. The molecule has 0 bridgehead atoms. The fraction of sp³-hybridized carbons (Fsp3) is 0.800. The van der Waals surface area contributed by atoms with Gasteiger partial charge in [0, 0.05) is 12.8 Å². The van der Waals surface area contributed by atoms with Crippen LogP contribution in [0.25, 0.3) is 0 Å². The molecule has 0 aliphatic rings. The van der Waals surface area contributed by atoms with Crippen molar-refractivity contribution in [2.75, 3.05) is 0 Å². The summed E-state index contributed by atoms with van der Waals surface area (Å²) in [7, 11) is 0. The lowest BCUT2D eigenvalue weighted by Gasteiger charge is -2.18. The second kappa shape index (κ2) is 3.49. The Hall–Kier alpha value is -0.490. The van der Waals surface area contributed by atoms with Crippen molar-refractivity contribution < 1.29 is 30.7 Å². The third-order valence-electron chi connectivity index (χ3n) is 1.04. The van der Waals surface area contributed by atoms with Crippen LogP contribution in [0.5, 0.6) is 0 Å². The topological polar surface area (TPSA) is 0 Å². The number of hydrogen-bond donors (Lipinski definition) is 0. The molecule has 0 amide bonds. The van der Waals surface area contributed by atoms with Crippen LogP contribution in [-0.4, -0.2) is 12.1 Å². The third kappa shape index (κ3) is 3.27. The maximum atomic E-state index is 11.8. The highest BCUT2D eigenvalue weighted by Crippen LogP contribution is 2.39. The number of alkyl halides is 5. The molecule has 0 heterocycles. The molecule has 0 unspecified atom stereocenters. The predicted octanol–water partition coefficient (Wildman–Crippen LogP) is 3.39. The van der Waals surface area contributed by atoms with Gasteiger partial charge in [-0.1, -0.05) is 0 Å². The molecular formula is C5H4F7. The van der Waals surface area contributed by atoms with E-state index in [1.54, 1.807) is 0 Å². The number of halogens is 7. The average molecular weight is 197 g/mol. The van der Waals surface area contributed by atoms with Crippen LogP contribution in [0.15, 0.2) is 0 Å². The van der Waals surface area contributed by atoms with E-state index in [-0.39, 0.29) is 0 Å². The van der Waals surface area contributed by atoms with E-state index in [2.05, 4.69) is 0 Å². The first-order valence-corrected chi connectivity index (χ1v) is 2.78. The van der Waals surface area contributed by atoms with Crippen LogP contribution in [-0.2, 0) is 0 Å². The zero-order valence-corrected chi connectivity index (χ0v) is 5.56. The number of rotatable bonds is 3. The molecule has 1 radical (unpaired) electrons. The smallest absolute Gasteiger partial charge is 0.200 e. The Balaban J connectivity index is 4.05. The summed E-state index contributed by atoms with van der Waals surface area (Å²) >= 11 is 0. The van der Waals surface area contributed by atoms with Gasteiger partial charge in [0.25, 0.3) is 0 Å². The van der Waals surface area contributed by atoms with Gasteiger partial charge >= 0.3 is 18.5 Å². The van der Waals surface area contributed by atoms with Crippen LogP contribution in [0.1, 0.15) is 12.8 Å². The van der Waals surface area contributed by atoms with Gasteiger partial charge in [0.05, 0.1) is 0 Å². The Morgan fingerprint density at radius 1 is 0.917 bits per heavy atom. The summed E-state index contributed by atoms with van der Waals surface area (Å²) in [5.74, 6) is -5.03. The van der Waals surface area contributed by atoms with Gasteiger partial charge in [-0.15, -0.1) is 0 Å². The minimum absolute atomic E-state index is 1.54. The van der Waals surface area contributed by atoms with Crippen LogP contribution in [0.3, 0.4) is 0 Å². The van der Waals surface area contributed by atoms with E-state index in [1.165, 1.54) is 0 Å². The summed E-state index contributed by atoms with van der Waals surface area (Å²) in [5.41, 5.74) is 0. The van der Waals surface area contributed by atoms with Crippen molar-refractivity contribution in [1.29, 1.82) is 0 Å². The van der Waals surface area contributed by atoms with Crippen molar-refractivity contribution in [2.45, 2.75) is 24.9 Å². The summed E-state index contributed by atoms with van der Waals surface area (Å²) < 4.78 is 79.8. The molecule has 0 aromatic carbocycles. The predicted molar refractivity (Wildman–Crippen MR) is 25.7 cm³/mol. The normalized spacial score (nSPS) is 14.0. The van der Waals surface area contributed by atoms with Gasteiger partial charge in [0.15, 0.2) is 0 Å². The lowest BCUT2D eigenvalue weighted by atomic mass is 10.2. The summed E-state index contributed by atoms with van der Waals surface area (Å²) in [5, 5.41) is 0. The Morgan fingerprint density at radius 2 is 1.33 bits per heavy atom. The molecule has 0 spiro atoms. The minimum atomic E-state index is -5.75. The fourth-order valence-electron chi connectivity index (χ4n) is 0.393. The highest BCUT2D eigenvalue weighted by Gasteiger charge is 2.56. The van der Waals surface area contributed by atoms with Gasteiger partial charge < -0.3 is 0 Å². The maximum Gasteiger partial charge on any atom is 0.453 e. The van der Waals surface area contributed by atoms with Gasteiger partial charge in [-0.05, 0) is 0 Å². The molecule has 0 nitrogen and oxygen atoms in total. The van der Waals surface area contributed by atoms with Crippen molar-refractivity contribution in [3.8, 4) is 0 Å². The van der Waals surface area contributed by atoms with Crippen molar-refractivity contribution in [1.82, 2.24) is 0 Å². The second-order valence-electron chi connectivity index (χ2n) is 2.04. The van der Waals surface area contributed by atoms with Gasteiger partial charge in [0.2, 0.25) is 0 Å². The Morgan fingerprint density at radius 3 is 1.58 bits per heavy atom. The molecule has 7 heteroatoms. The molecule has 0 aromatic rings. The van der Waals surface area contributed by atoms with Crippen molar-refractivity contribution >= 4 is 0 Å².